The lowest BCUT2D eigenvalue weighted by atomic mass is 10.2. The van der Waals surface area contributed by atoms with Gasteiger partial charge in [-0.2, -0.15) is 17.5 Å². The van der Waals surface area contributed by atoms with Gasteiger partial charge >= 0.3 is 6.18 Å². The first-order valence-electron chi connectivity index (χ1n) is 6.90. The lowest BCUT2D eigenvalue weighted by Gasteiger charge is -2.33. The molecule has 1 aromatic rings. The normalized spacial score (nSPS) is 18.6. The van der Waals surface area contributed by atoms with E-state index < -0.39 is 21.8 Å². The van der Waals surface area contributed by atoms with Crippen molar-refractivity contribution in [3.63, 3.8) is 0 Å². The highest BCUT2D eigenvalue weighted by atomic mass is 35.5. The summed E-state index contributed by atoms with van der Waals surface area (Å²) in [6.45, 7) is 2.07. The highest BCUT2D eigenvalue weighted by Gasteiger charge is 2.33. The molecule has 1 aromatic carbocycles. The van der Waals surface area contributed by atoms with Gasteiger partial charge in [-0.1, -0.05) is 23.7 Å². The zero-order valence-corrected chi connectivity index (χ0v) is 13.7. The molecule has 0 radical (unpaired) electrons. The van der Waals surface area contributed by atoms with Crippen molar-refractivity contribution in [3.8, 4) is 0 Å². The van der Waals surface area contributed by atoms with Gasteiger partial charge in [-0.25, -0.2) is 8.42 Å². The minimum absolute atomic E-state index is 0.231. The van der Waals surface area contributed by atoms with E-state index in [0.29, 0.717) is 25.7 Å². The molecule has 0 aromatic heterocycles. The van der Waals surface area contributed by atoms with Crippen LogP contribution in [0.2, 0.25) is 0 Å². The Morgan fingerprint density at radius 1 is 1.17 bits per heavy atom. The van der Waals surface area contributed by atoms with Gasteiger partial charge in [-0.05, 0) is 18.2 Å². The van der Waals surface area contributed by atoms with Crippen molar-refractivity contribution in [2.75, 3.05) is 32.7 Å². The maximum Gasteiger partial charge on any atom is 0.416 e. The monoisotopic (exact) mass is 368 g/mol. The fourth-order valence-electron chi connectivity index (χ4n) is 2.32. The molecule has 1 saturated heterocycles. The molecule has 0 aliphatic carbocycles. The number of rotatable bonds is 4. The Hall–Kier alpha value is -1.09. The largest absolute Gasteiger partial charge is 0.416 e. The molecular formula is C14H16ClF3N2O2S. The molecule has 23 heavy (non-hydrogen) atoms. The van der Waals surface area contributed by atoms with Crippen molar-refractivity contribution in [2.24, 2.45) is 0 Å². The molecule has 0 unspecified atom stereocenters. The number of sulfonamides is 1. The van der Waals surface area contributed by atoms with Crippen LogP contribution in [0.5, 0.6) is 0 Å². The fraction of sp³-hybridized carbons (Fsp3) is 0.429. The van der Waals surface area contributed by atoms with Crippen molar-refractivity contribution in [1.29, 1.82) is 0 Å². The zero-order valence-electron chi connectivity index (χ0n) is 12.1. The Balaban J connectivity index is 2.14. The lowest BCUT2D eigenvalue weighted by Crippen LogP contribution is -2.48. The van der Waals surface area contributed by atoms with Crippen molar-refractivity contribution in [2.45, 2.75) is 11.1 Å². The van der Waals surface area contributed by atoms with Crippen LogP contribution in [0.15, 0.2) is 40.8 Å². The van der Waals surface area contributed by atoms with E-state index in [1.54, 1.807) is 6.08 Å². The van der Waals surface area contributed by atoms with Gasteiger partial charge in [0.05, 0.1) is 10.5 Å². The van der Waals surface area contributed by atoms with Gasteiger partial charge in [0.2, 0.25) is 10.0 Å². The second-order valence-electron chi connectivity index (χ2n) is 5.09. The van der Waals surface area contributed by atoms with Gasteiger partial charge in [0.15, 0.2) is 0 Å². The molecule has 0 spiro atoms. The highest BCUT2D eigenvalue weighted by molar-refractivity contribution is 7.89. The number of halogens is 4. The van der Waals surface area contributed by atoms with E-state index in [-0.39, 0.29) is 18.0 Å². The summed E-state index contributed by atoms with van der Waals surface area (Å²) >= 11 is 5.45. The third-order valence-corrected chi connectivity index (χ3v) is 5.66. The number of nitrogens with zero attached hydrogens (tertiary/aromatic N) is 2. The first-order chi connectivity index (χ1) is 10.7. The smallest absolute Gasteiger partial charge is 0.297 e. The van der Waals surface area contributed by atoms with Crippen LogP contribution in [0, 0.1) is 0 Å². The predicted molar refractivity (Wildman–Crippen MR) is 81.6 cm³/mol. The van der Waals surface area contributed by atoms with Gasteiger partial charge < -0.3 is 0 Å². The van der Waals surface area contributed by atoms with Crippen LogP contribution in [0.3, 0.4) is 0 Å². The number of alkyl halides is 3. The van der Waals surface area contributed by atoms with Crippen LogP contribution < -0.4 is 0 Å². The third kappa shape index (κ3) is 4.47. The summed E-state index contributed by atoms with van der Waals surface area (Å²) in [5, 5.41) is 0. The number of benzene rings is 1. The van der Waals surface area contributed by atoms with Gasteiger partial charge in [-0.3, -0.25) is 4.90 Å². The van der Waals surface area contributed by atoms with E-state index in [0.717, 1.165) is 12.1 Å². The van der Waals surface area contributed by atoms with Crippen molar-refractivity contribution < 1.29 is 21.6 Å². The Morgan fingerprint density at radius 2 is 1.83 bits per heavy atom. The molecule has 2 rings (SSSR count). The summed E-state index contributed by atoms with van der Waals surface area (Å²) in [4.78, 5) is 1.68. The van der Waals surface area contributed by atoms with Gasteiger partial charge in [0, 0.05) is 38.3 Å². The molecule has 0 amide bonds. The van der Waals surface area contributed by atoms with Crippen molar-refractivity contribution in [1.82, 2.24) is 9.21 Å². The Kier molecular flexibility index (Phi) is 5.72. The lowest BCUT2D eigenvalue weighted by molar-refractivity contribution is -0.137. The van der Waals surface area contributed by atoms with E-state index >= 15 is 0 Å². The molecule has 1 aliphatic rings. The van der Waals surface area contributed by atoms with Crippen LogP contribution in [-0.4, -0.2) is 50.3 Å². The summed E-state index contributed by atoms with van der Waals surface area (Å²) in [5.41, 5.74) is 0.427. The van der Waals surface area contributed by atoms with Gasteiger partial charge in [-0.15, -0.1) is 0 Å². The number of hydrogen-bond acceptors (Lipinski definition) is 3. The van der Waals surface area contributed by atoms with Crippen LogP contribution >= 0.6 is 11.6 Å². The number of piperazine rings is 1. The first kappa shape index (κ1) is 18.3. The quantitative estimate of drug-likeness (QED) is 0.820. The molecule has 1 heterocycles. The third-order valence-electron chi connectivity index (χ3n) is 3.58. The summed E-state index contributed by atoms with van der Waals surface area (Å²) < 4.78 is 64.4. The van der Waals surface area contributed by atoms with E-state index in [9.17, 15) is 21.6 Å². The Morgan fingerprint density at radius 3 is 2.39 bits per heavy atom. The molecule has 1 fully saturated rings. The second kappa shape index (κ2) is 7.21. The van der Waals surface area contributed by atoms with E-state index in [4.69, 9.17) is 11.6 Å². The van der Waals surface area contributed by atoms with Crippen LogP contribution in [0.4, 0.5) is 13.2 Å². The maximum atomic E-state index is 12.7. The number of hydrogen-bond donors (Lipinski definition) is 0. The van der Waals surface area contributed by atoms with Crippen LogP contribution in [0.25, 0.3) is 0 Å². The molecule has 9 heteroatoms. The molecule has 0 N–H and O–H groups in total. The summed E-state index contributed by atoms with van der Waals surface area (Å²) in [6.07, 6.45) is -2.82. The van der Waals surface area contributed by atoms with Gasteiger partial charge in [0.1, 0.15) is 0 Å². The van der Waals surface area contributed by atoms with Crippen molar-refractivity contribution in [3.05, 3.63) is 41.4 Å². The SMILES string of the molecule is O=S(=O)(c1cccc(C(F)(F)F)c1)N1CCN(C/C=C/Cl)CC1. The zero-order chi connectivity index (χ0) is 17.1. The van der Waals surface area contributed by atoms with E-state index in [2.05, 4.69) is 0 Å². The topological polar surface area (TPSA) is 40.6 Å². The molecule has 1 aliphatic heterocycles. The maximum absolute atomic E-state index is 12.7. The second-order valence-corrected chi connectivity index (χ2v) is 7.28. The summed E-state index contributed by atoms with van der Waals surface area (Å²) in [6, 6.07) is 3.83. The predicted octanol–water partition coefficient (Wildman–Crippen LogP) is 2.76. The molecular weight excluding hydrogens is 353 g/mol. The van der Waals surface area contributed by atoms with E-state index in [1.165, 1.54) is 15.9 Å². The van der Waals surface area contributed by atoms with E-state index in [1.807, 2.05) is 4.90 Å². The standard InChI is InChI=1S/C14H16ClF3N2O2S/c15-5-2-6-19-7-9-20(10-8-19)23(21,22)13-4-1-3-12(11-13)14(16,17)18/h1-5,11H,6-10H2/b5-2+. The summed E-state index contributed by atoms with van der Waals surface area (Å²) in [7, 11) is -3.93. The summed E-state index contributed by atoms with van der Waals surface area (Å²) in [5.74, 6) is 0. The Bertz CT molecular complexity index is 669. The molecule has 0 saturated carbocycles. The average molecular weight is 369 g/mol. The molecule has 0 bridgehead atoms. The minimum atomic E-state index is -4.57. The average Bonchev–Trinajstić information content (AvgIpc) is 2.52. The highest BCUT2D eigenvalue weighted by Crippen LogP contribution is 2.31. The fourth-order valence-corrected chi connectivity index (χ4v) is 3.87. The van der Waals surface area contributed by atoms with Gasteiger partial charge in [0.25, 0.3) is 0 Å². The molecule has 128 valence electrons. The first-order valence-corrected chi connectivity index (χ1v) is 8.78. The van der Waals surface area contributed by atoms with Crippen LogP contribution in [-0.2, 0) is 16.2 Å². The van der Waals surface area contributed by atoms with Crippen molar-refractivity contribution >= 4 is 21.6 Å². The Labute approximate surface area is 138 Å². The molecule has 4 nitrogen and oxygen atoms in total. The minimum Gasteiger partial charge on any atom is -0.297 e. The van der Waals surface area contributed by atoms with Crippen LogP contribution in [0.1, 0.15) is 5.56 Å². The molecule has 0 atom stereocenters.